The summed E-state index contributed by atoms with van der Waals surface area (Å²) in [6.07, 6.45) is 1.49. The number of nitro benzene ring substituents is 1. The third kappa shape index (κ3) is 4.88. The summed E-state index contributed by atoms with van der Waals surface area (Å²) in [7, 11) is 0. The SMILES string of the molecule is O=C(Nc1ccc(Nc2cc(-c3ccccc3)ncn2)cc1)c1cc([N+](=O)[O-])ccc1Cl. The molecule has 32 heavy (non-hydrogen) atoms. The predicted octanol–water partition coefficient (Wildman–Crippen LogP) is 5.70. The highest BCUT2D eigenvalue weighted by atomic mass is 35.5. The first-order valence-corrected chi connectivity index (χ1v) is 9.87. The normalized spacial score (nSPS) is 10.4. The maximum atomic E-state index is 12.5. The van der Waals surface area contributed by atoms with Crippen LogP contribution in [0.4, 0.5) is 22.9 Å². The largest absolute Gasteiger partial charge is 0.340 e. The van der Waals surface area contributed by atoms with Gasteiger partial charge in [-0.1, -0.05) is 41.9 Å². The molecule has 8 nitrogen and oxygen atoms in total. The van der Waals surface area contributed by atoms with Gasteiger partial charge >= 0.3 is 0 Å². The quantitative estimate of drug-likeness (QED) is 0.291. The Bertz CT molecular complexity index is 1280. The van der Waals surface area contributed by atoms with E-state index in [1.165, 1.54) is 18.5 Å². The van der Waals surface area contributed by atoms with Gasteiger partial charge < -0.3 is 10.6 Å². The predicted molar refractivity (Wildman–Crippen MR) is 123 cm³/mol. The molecule has 4 rings (SSSR count). The number of nitro groups is 1. The van der Waals surface area contributed by atoms with Crippen LogP contribution in [-0.4, -0.2) is 20.8 Å². The van der Waals surface area contributed by atoms with Crippen molar-refractivity contribution in [2.24, 2.45) is 0 Å². The van der Waals surface area contributed by atoms with Crippen LogP contribution in [0.15, 0.2) is 85.2 Å². The van der Waals surface area contributed by atoms with Gasteiger partial charge in [-0.05, 0) is 30.3 Å². The molecule has 0 spiro atoms. The van der Waals surface area contributed by atoms with Crippen LogP contribution < -0.4 is 10.6 Å². The number of non-ortho nitro benzene ring substituents is 1. The molecule has 0 fully saturated rings. The molecule has 0 aliphatic carbocycles. The smallest absolute Gasteiger partial charge is 0.270 e. The fraction of sp³-hybridized carbons (Fsp3) is 0. The summed E-state index contributed by atoms with van der Waals surface area (Å²) in [5.41, 5.74) is 2.86. The van der Waals surface area contributed by atoms with Crippen molar-refractivity contribution in [2.45, 2.75) is 0 Å². The van der Waals surface area contributed by atoms with E-state index in [1.807, 2.05) is 36.4 Å². The Morgan fingerprint density at radius 2 is 1.62 bits per heavy atom. The van der Waals surface area contributed by atoms with Crippen molar-refractivity contribution < 1.29 is 9.72 Å². The number of hydrogen-bond acceptors (Lipinski definition) is 6. The first kappa shape index (κ1) is 21.0. The van der Waals surface area contributed by atoms with Crippen molar-refractivity contribution in [3.05, 3.63) is 106 Å². The molecule has 0 aliphatic heterocycles. The number of rotatable bonds is 6. The lowest BCUT2D eigenvalue weighted by atomic mass is 10.1. The van der Waals surface area contributed by atoms with E-state index in [0.29, 0.717) is 11.5 Å². The van der Waals surface area contributed by atoms with Crippen LogP contribution in [0.1, 0.15) is 10.4 Å². The lowest BCUT2D eigenvalue weighted by Crippen LogP contribution is -2.12. The van der Waals surface area contributed by atoms with E-state index in [4.69, 9.17) is 11.6 Å². The van der Waals surface area contributed by atoms with Gasteiger partial charge in [-0.25, -0.2) is 9.97 Å². The highest BCUT2D eigenvalue weighted by molar-refractivity contribution is 6.34. The number of aromatic nitrogens is 2. The number of amides is 1. The van der Waals surface area contributed by atoms with Gasteiger partial charge in [0.15, 0.2) is 0 Å². The lowest BCUT2D eigenvalue weighted by molar-refractivity contribution is -0.384. The number of carbonyl (C=O) groups is 1. The Hall–Kier alpha value is -4.30. The molecule has 0 saturated heterocycles. The summed E-state index contributed by atoms with van der Waals surface area (Å²) in [5, 5.41) is 17.0. The number of carbonyl (C=O) groups excluding carboxylic acids is 1. The highest BCUT2D eigenvalue weighted by Gasteiger charge is 2.16. The first-order valence-electron chi connectivity index (χ1n) is 9.49. The molecule has 0 aliphatic rings. The molecular weight excluding hydrogens is 430 g/mol. The average molecular weight is 446 g/mol. The molecule has 9 heteroatoms. The molecule has 2 N–H and O–H groups in total. The number of benzene rings is 3. The van der Waals surface area contributed by atoms with E-state index in [1.54, 1.807) is 24.3 Å². The summed E-state index contributed by atoms with van der Waals surface area (Å²) in [6.45, 7) is 0. The summed E-state index contributed by atoms with van der Waals surface area (Å²) in [4.78, 5) is 31.4. The van der Waals surface area contributed by atoms with Crippen molar-refractivity contribution in [2.75, 3.05) is 10.6 Å². The van der Waals surface area contributed by atoms with E-state index in [9.17, 15) is 14.9 Å². The second-order valence-corrected chi connectivity index (χ2v) is 7.14. The van der Waals surface area contributed by atoms with Crippen molar-refractivity contribution in [1.82, 2.24) is 9.97 Å². The molecule has 0 radical (unpaired) electrons. The molecule has 4 aromatic rings. The molecule has 3 aromatic carbocycles. The standard InChI is InChI=1S/C23H16ClN5O3/c24-20-11-10-18(29(31)32)12-19(20)23(30)28-17-8-6-16(7-9-17)27-22-13-21(25-14-26-22)15-4-2-1-3-5-15/h1-14H,(H,28,30)(H,25,26,27). The Labute approximate surface area is 188 Å². The minimum absolute atomic E-state index is 0.0255. The zero-order chi connectivity index (χ0) is 22.5. The fourth-order valence-electron chi connectivity index (χ4n) is 2.98. The monoisotopic (exact) mass is 445 g/mol. The molecule has 1 heterocycles. The summed E-state index contributed by atoms with van der Waals surface area (Å²) >= 11 is 6.03. The van der Waals surface area contributed by atoms with Gasteiger partial charge in [-0.15, -0.1) is 0 Å². The van der Waals surface area contributed by atoms with Crippen LogP contribution in [0.5, 0.6) is 0 Å². The Morgan fingerprint density at radius 1 is 0.906 bits per heavy atom. The summed E-state index contributed by atoms with van der Waals surface area (Å²) in [6, 6.07) is 22.3. The minimum atomic E-state index is -0.579. The Kier molecular flexibility index (Phi) is 6.05. The number of halogens is 1. The third-order valence-electron chi connectivity index (χ3n) is 4.56. The molecule has 158 valence electrons. The van der Waals surface area contributed by atoms with E-state index in [-0.39, 0.29) is 16.3 Å². The summed E-state index contributed by atoms with van der Waals surface area (Å²) in [5.74, 6) is 0.0849. The van der Waals surface area contributed by atoms with E-state index in [2.05, 4.69) is 20.6 Å². The molecular formula is C23H16ClN5O3. The minimum Gasteiger partial charge on any atom is -0.340 e. The first-order chi connectivity index (χ1) is 15.5. The second kappa shape index (κ2) is 9.23. The van der Waals surface area contributed by atoms with Gasteiger partial charge in [0, 0.05) is 35.1 Å². The molecule has 0 saturated carbocycles. The van der Waals surface area contributed by atoms with Crippen LogP contribution >= 0.6 is 11.6 Å². The second-order valence-electron chi connectivity index (χ2n) is 6.73. The van der Waals surface area contributed by atoms with Crippen LogP contribution in [0.25, 0.3) is 11.3 Å². The molecule has 0 bridgehead atoms. The van der Waals surface area contributed by atoms with Gasteiger partial charge in [0.2, 0.25) is 0 Å². The van der Waals surface area contributed by atoms with Crippen molar-refractivity contribution in [3.8, 4) is 11.3 Å². The summed E-state index contributed by atoms with van der Waals surface area (Å²) < 4.78 is 0. The van der Waals surface area contributed by atoms with Gasteiger partial charge in [-0.2, -0.15) is 0 Å². The molecule has 0 unspecified atom stereocenters. The Balaban J connectivity index is 1.46. The van der Waals surface area contributed by atoms with E-state index < -0.39 is 10.8 Å². The van der Waals surface area contributed by atoms with Crippen molar-refractivity contribution >= 4 is 40.4 Å². The third-order valence-corrected chi connectivity index (χ3v) is 4.89. The highest BCUT2D eigenvalue weighted by Crippen LogP contribution is 2.25. The van der Waals surface area contributed by atoms with Gasteiger partial charge in [0.05, 0.1) is 21.2 Å². The van der Waals surface area contributed by atoms with Crippen molar-refractivity contribution in [1.29, 1.82) is 0 Å². The zero-order valence-corrected chi connectivity index (χ0v) is 17.3. The van der Waals surface area contributed by atoms with Crippen LogP contribution in [0.3, 0.4) is 0 Å². The fourth-order valence-corrected chi connectivity index (χ4v) is 3.18. The lowest BCUT2D eigenvalue weighted by Gasteiger charge is -2.10. The number of nitrogens with zero attached hydrogens (tertiary/aromatic N) is 3. The van der Waals surface area contributed by atoms with Crippen molar-refractivity contribution in [3.63, 3.8) is 0 Å². The molecule has 1 amide bonds. The average Bonchev–Trinajstić information content (AvgIpc) is 2.81. The van der Waals surface area contributed by atoms with Gasteiger partial charge in [0.25, 0.3) is 11.6 Å². The van der Waals surface area contributed by atoms with Gasteiger partial charge in [-0.3, -0.25) is 14.9 Å². The van der Waals surface area contributed by atoms with E-state index >= 15 is 0 Å². The molecule has 0 atom stereocenters. The van der Waals surface area contributed by atoms with Crippen LogP contribution in [0, 0.1) is 10.1 Å². The van der Waals surface area contributed by atoms with Crippen LogP contribution in [0.2, 0.25) is 5.02 Å². The zero-order valence-electron chi connectivity index (χ0n) is 16.5. The topological polar surface area (TPSA) is 110 Å². The van der Waals surface area contributed by atoms with Gasteiger partial charge in [0.1, 0.15) is 12.1 Å². The Morgan fingerprint density at radius 3 is 2.34 bits per heavy atom. The number of nitrogens with one attached hydrogen (secondary N) is 2. The maximum Gasteiger partial charge on any atom is 0.270 e. The molecule has 1 aromatic heterocycles. The van der Waals surface area contributed by atoms with Crippen LogP contribution in [-0.2, 0) is 0 Å². The number of anilines is 3. The number of hydrogen-bond donors (Lipinski definition) is 2. The van der Waals surface area contributed by atoms with E-state index in [0.717, 1.165) is 23.0 Å². The maximum absolute atomic E-state index is 12.5.